The molecule has 28 heavy (non-hydrogen) atoms. The number of benzene rings is 1. The maximum Gasteiger partial charge on any atom is 0.191 e. The van der Waals surface area contributed by atoms with Crippen LogP contribution in [0.15, 0.2) is 29.3 Å². The zero-order valence-electron chi connectivity index (χ0n) is 18.6. The maximum atomic E-state index is 5.99. The normalized spacial score (nSPS) is 13.9. The minimum absolute atomic E-state index is 0.0512. The first-order valence-corrected chi connectivity index (χ1v) is 10.6. The van der Waals surface area contributed by atoms with Gasteiger partial charge in [0.1, 0.15) is 6.10 Å². The molecule has 0 radical (unpaired) electrons. The number of rotatable bonds is 13. The molecule has 0 aliphatic carbocycles. The third-order valence-corrected chi connectivity index (χ3v) is 4.64. The van der Waals surface area contributed by atoms with Gasteiger partial charge < -0.3 is 25.0 Å². The van der Waals surface area contributed by atoms with Gasteiger partial charge in [0.25, 0.3) is 0 Å². The summed E-state index contributed by atoms with van der Waals surface area (Å²) in [6.07, 6.45) is 2.25. The summed E-state index contributed by atoms with van der Waals surface area (Å²) in [6, 6.07) is 8.07. The van der Waals surface area contributed by atoms with Crippen LogP contribution in [-0.2, 0) is 0 Å². The second kappa shape index (κ2) is 14.1. The van der Waals surface area contributed by atoms with Gasteiger partial charge in [-0.25, -0.2) is 4.99 Å². The zero-order valence-corrected chi connectivity index (χ0v) is 18.6. The molecule has 0 fully saturated rings. The molecule has 0 bridgehead atoms. The fourth-order valence-corrected chi connectivity index (χ4v) is 2.98. The van der Waals surface area contributed by atoms with Gasteiger partial charge in [0.2, 0.25) is 0 Å². The summed E-state index contributed by atoms with van der Waals surface area (Å²) in [4.78, 5) is 7.16. The van der Waals surface area contributed by atoms with E-state index in [9.17, 15) is 0 Å². The molecule has 0 spiro atoms. The topological polar surface area (TPSA) is 58.1 Å². The quantitative estimate of drug-likeness (QED) is 0.397. The molecular formula is C22H40N4O2. The Kier molecular flexibility index (Phi) is 12.1. The molecule has 0 aliphatic heterocycles. The summed E-state index contributed by atoms with van der Waals surface area (Å²) in [6.45, 7) is 15.5. The van der Waals surface area contributed by atoms with E-state index in [4.69, 9.17) is 14.5 Å². The highest BCUT2D eigenvalue weighted by molar-refractivity contribution is 5.80. The van der Waals surface area contributed by atoms with Crippen molar-refractivity contribution in [1.82, 2.24) is 15.5 Å². The molecule has 0 aliphatic rings. The van der Waals surface area contributed by atoms with Gasteiger partial charge in [-0.15, -0.1) is 0 Å². The average Bonchev–Trinajstić information content (AvgIpc) is 2.70. The van der Waals surface area contributed by atoms with Crippen molar-refractivity contribution in [2.45, 2.75) is 59.6 Å². The third-order valence-electron chi connectivity index (χ3n) is 4.64. The molecular weight excluding hydrogens is 352 g/mol. The Hall–Kier alpha value is -1.95. The molecule has 0 heterocycles. The SMILES string of the molecule is CCNC(=NCC(C)Oc1ccccc1OC)NC(C)CCCN(CC)CC. The molecule has 1 aromatic carbocycles. The van der Waals surface area contributed by atoms with Gasteiger partial charge in [0.05, 0.1) is 13.7 Å². The molecule has 0 aromatic heterocycles. The molecule has 2 atom stereocenters. The summed E-state index contributed by atoms with van der Waals surface area (Å²) >= 11 is 0. The molecule has 160 valence electrons. The van der Waals surface area contributed by atoms with Crippen LogP contribution in [0.3, 0.4) is 0 Å². The van der Waals surface area contributed by atoms with Gasteiger partial charge in [-0.3, -0.25) is 0 Å². The molecule has 2 N–H and O–H groups in total. The zero-order chi connectivity index (χ0) is 20.8. The molecule has 6 heteroatoms. The van der Waals surface area contributed by atoms with E-state index in [0.717, 1.165) is 50.1 Å². The van der Waals surface area contributed by atoms with Gasteiger partial charge in [-0.1, -0.05) is 26.0 Å². The first-order valence-electron chi connectivity index (χ1n) is 10.6. The van der Waals surface area contributed by atoms with E-state index in [1.54, 1.807) is 7.11 Å². The lowest BCUT2D eigenvalue weighted by molar-refractivity contribution is 0.219. The van der Waals surface area contributed by atoms with Crippen LogP contribution in [0.5, 0.6) is 11.5 Å². The van der Waals surface area contributed by atoms with Crippen LogP contribution in [0.4, 0.5) is 0 Å². The minimum Gasteiger partial charge on any atom is -0.493 e. The predicted molar refractivity (Wildman–Crippen MR) is 119 cm³/mol. The Morgan fingerprint density at radius 1 is 1.11 bits per heavy atom. The largest absolute Gasteiger partial charge is 0.493 e. The summed E-state index contributed by atoms with van der Waals surface area (Å²) in [5, 5.41) is 6.83. The third kappa shape index (κ3) is 9.31. The van der Waals surface area contributed by atoms with E-state index in [0.29, 0.717) is 12.6 Å². The highest BCUT2D eigenvalue weighted by atomic mass is 16.5. The minimum atomic E-state index is -0.0512. The summed E-state index contributed by atoms with van der Waals surface area (Å²) in [5.74, 6) is 2.33. The molecule has 6 nitrogen and oxygen atoms in total. The Bertz CT molecular complexity index is 561. The Labute approximate surface area is 171 Å². The fourth-order valence-electron chi connectivity index (χ4n) is 2.98. The number of aliphatic imine (C=N–C) groups is 1. The van der Waals surface area contributed by atoms with Gasteiger partial charge in [0.15, 0.2) is 17.5 Å². The van der Waals surface area contributed by atoms with Crippen molar-refractivity contribution >= 4 is 5.96 Å². The van der Waals surface area contributed by atoms with Crippen molar-refractivity contribution in [3.63, 3.8) is 0 Å². The van der Waals surface area contributed by atoms with Crippen LogP contribution in [0.25, 0.3) is 0 Å². The van der Waals surface area contributed by atoms with Crippen LogP contribution in [0, 0.1) is 0 Å². The summed E-state index contributed by atoms with van der Waals surface area (Å²) in [7, 11) is 1.65. The Morgan fingerprint density at radius 2 is 1.79 bits per heavy atom. The lowest BCUT2D eigenvalue weighted by Crippen LogP contribution is -2.43. The smallest absolute Gasteiger partial charge is 0.191 e. The monoisotopic (exact) mass is 392 g/mol. The van der Waals surface area contributed by atoms with E-state index >= 15 is 0 Å². The summed E-state index contributed by atoms with van der Waals surface area (Å²) < 4.78 is 11.3. The molecule has 1 rings (SSSR count). The number of para-hydroxylation sites is 2. The van der Waals surface area contributed by atoms with Crippen LogP contribution >= 0.6 is 0 Å². The van der Waals surface area contributed by atoms with Crippen LogP contribution in [-0.4, -0.2) is 62.8 Å². The number of methoxy groups -OCH3 is 1. The number of hydrogen-bond donors (Lipinski definition) is 2. The van der Waals surface area contributed by atoms with Crippen molar-refractivity contribution in [2.75, 3.05) is 39.8 Å². The number of ether oxygens (including phenoxy) is 2. The van der Waals surface area contributed by atoms with E-state index in [-0.39, 0.29) is 6.10 Å². The second-order valence-electron chi connectivity index (χ2n) is 7.01. The average molecular weight is 393 g/mol. The Morgan fingerprint density at radius 3 is 2.39 bits per heavy atom. The van der Waals surface area contributed by atoms with Gasteiger partial charge in [0, 0.05) is 12.6 Å². The van der Waals surface area contributed by atoms with Crippen molar-refractivity contribution in [3.05, 3.63) is 24.3 Å². The van der Waals surface area contributed by atoms with Gasteiger partial charge in [-0.2, -0.15) is 0 Å². The predicted octanol–water partition coefficient (Wildman–Crippen LogP) is 3.53. The molecule has 0 saturated carbocycles. The second-order valence-corrected chi connectivity index (χ2v) is 7.01. The van der Waals surface area contributed by atoms with E-state index in [2.05, 4.69) is 43.2 Å². The maximum absolute atomic E-state index is 5.99. The van der Waals surface area contributed by atoms with Crippen molar-refractivity contribution in [1.29, 1.82) is 0 Å². The Balaban J connectivity index is 2.51. The number of guanidine groups is 1. The number of nitrogens with one attached hydrogen (secondary N) is 2. The fraction of sp³-hybridized carbons (Fsp3) is 0.682. The van der Waals surface area contributed by atoms with E-state index < -0.39 is 0 Å². The lowest BCUT2D eigenvalue weighted by atomic mass is 10.2. The molecule has 0 saturated heterocycles. The van der Waals surface area contributed by atoms with Gasteiger partial charge >= 0.3 is 0 Å². The lowest BCUT2D eigenvalue weighted by Gasteiger charge is -2.21. The van der Waals surface area contributed by atoms with Crippen LogP contribution < -0.4 is 20.1 Å². The van der Waals surface area contributed by atoms with Crippen LogP contribution in [0.2, 0.25) is 0 Å². The standard InChI is InChI=1S/C22H40N4O2/c1-7-23-22(25-18(4)13-12-16-26(8-2)9-3)24-17-19(5)28-21-15-11-10-14-20(21)27-6/h10-11,14-15,18-19H,7-9,12-13,16-17H2,1-6H3,(H2,23,24,25). The highest BCUT2D eigenvalue weighted by Crippen LogP contribution is 2.26. The van der Waals surface area contributed by atoms with Crippen LogP contribution in [0.1, 0.15) is 47.5 Å². The first kappa shape index (κ1) is 24.1. The molecule has 1 aromatic rings. The van der Waals surface area contributed by atoms with Crippen molar-refractivity contribution < 1.29 is 9.47 Å². The highest BCUT2D eigenvalue weighted by Gasteiger charge is 2.10. The number of hydrogen-bond acceptors (Lipinski definition) is 4. The van der Waals surface area contributed by atoms with Gasteiger partial charge in [-0.05, 0) is 65.4 Å². The van der Waals surface area contributed by atoms with Crippen molar-refractivity contribution in [2.24, 2.45) is 4.99 Å². The van der Waals surface area contributed by atoms with E-state index in [1.165, 1.54) is 6.42 Å². The summed E-state index contributed by atoms with van der Waals surface area (Å²) in [5.41, 5.74) is 0. The number of nitrogens with zero attached hydrogens (tertiary/aromatic N) is 2. The van der Waals surface area contributed by atoms with E-state index in [1.807, 2.05) is 31.2 Å². The van der Waals surface area contributed by atoms with Crippen molar-refractivity contribution in [3.8, 4) is 11.5 Å². The molecule has 0 amide bonds. The first-order chi connectivity index (χ1) is 13.5. The molecule has 2 unspecified atom stereocenters.